The second-order valence-electron chi connectivity index (χ2n) is 7.18. The van der Waals surface area contributed by atoms with Gasteiger partial charge in [-0.2, -0.15) is 0 Å². The average molecular weight is 453 g/mol. The van der Waals surface area contributed by atoms with E-state index in [4.69, 9.17) is 21.1 Å². The van der Waals surface area contributed by atoms with E-state index in [-0.39, 0.29) is 11.8 Å². The first-order valence-corrected chi connectivity index (χ1v) is 10.5. The van der Waals surface area contributed by atoms with Crippen LogP contribution in [0.3, 0.4) is 0 Å². The van der Waals surface area contributed by atoms with Crippen LogP contribution in [-0.2, 0) is 6.42 Å². The van der Waals surface area contributed by atoms with Crippen LogP contribution in [0.5, 0.6) is 11.5 Å². The van der Waals surface area contributed by atoms with E-state index in [1.165, 1.54) is 0 Å². The maximum Gasteiger partial charge on any atom is 0.257 e. The zero-order valence-corrected chi connectivity index (χ0v) is 19.0. The Bertz CT molecular complexity index is 1130. The third kappa shape index (κ3) is 5.59. The van der Waals surface area contributed by atoms with Crippen LogP contribution in [0.15, 0.2) is 60.7 Å². The van der Waals surface area contributed by atoms with Crippen LogP contribution in [0.2, 0.25) is 5.02 Å². The molecule has 0 saturated carbocycles. The van der Waals surface area contributed by atoms with E-state index in [2.05, 4.69) is 10.6 Å². The molecule has 0 saturated heterocycles. The minimum Gasteiger partial charge on any atom is -0.493 e. The number of hydrogen-bond acceptors (Lipinski definition) is 4. The summed E-state index contributed by atoms with van der Waals surface area (Å²) in [5.74, 6) is 0.634. The lowest BCUT2D eigenvalue weighted by molar-refractivity contribution is 0.0955. The molecule has 6 nitrogen and oxygen atoms in total. The lowest BCUT2D eigenvalue weighted by Crippen LogP contribution is -2.27. The maximum absolute atomic E-state index is 12.8. The molecule has 3 aromatic carbocycles. The van der Waals surface area contributed by atoms with Crippen molar-refractivity contribution in [2.75, 3.05) is 26.1 Å². The summed E-state index contributed by atoms with van der Waals surface area (Å²) in [4.78, 5) is 25.5. The van der Waals surface area contributed by atoms with Gasteiger partial charge in [0.05, 0.1) is 36.1 Å². The Balaban J connectivity index is 1.66. The van der Waals surface area contributed by atoms with Crippen LogP contribution in [0.1, 0.15) is 31.8 Å². The molecule has 2 N–H and O–H groups in total. The molecule has 0 aromatic heterocycles. The summed E-state index contributed by atoms with van der Waals surface area (Å²) in [5, 5.41) is 6.05. The van der Waals surface area contributed by atoms with E-state index in [1.54, 1.807) is 50.6 Å². The molecule has 0 spiro atoms. The van der Waals surface area contributed by atoms with E-state index in [9.17, 15) is 9.59 Å². The first kappa shape index (κ1) is 23.2. The summed E-state index contributed by atoms with van der Waals surface area (Å²) in [6, 6.07) is 17.7. The highest BCUT2D eigenvalue weighted by Crippen LogP contribution is 2.27. The predicted molar refractivity (Wildman–Crippen MR) is 126 cm³/mol. The molecule has 0 heterocycles. The van der Waals surface area contributed by atoms with Gasteiger partial charge in [0, 0.05) is 6.54 Å². The molecular weight excluding hydrogens is 428 g/mol. The molecule has 0 unspecified atom stereocenters. The number of hydrogen-bond donors (Lipinski definition) is 2. The van der Waals surface area contributed by atoms with Gasteiger partial charge in [-0.1, -0.05) is 35.9 Å². The number of nitrogens with one attached hydrogen (secondary N) is 2. The highest BCUT2D eigenvalue weighted by molar-refractivity contribution is 6.34. The second-order valence-corrected chi connectivity index (χ2v) is 7.59. The van der Waals surface area contributed by atoms with Gasteiger partial charge in [0.1, 0.15) is 0 Å². The maximum atomic E-state index is 12.8. The molecule has 32 heavy (non-hydrogen) atoms. The smallest absolute Gasteiger partial charge is 0.257 e. The van der Waals surface area contributed by atoms with E-state index in [1.807, 2.05) is 31.2 Å². The minimum absolute atomic E-state index is 0.281. The molecule has 0 aliphatic heterocycles. The van der Waals surface area contributed by atoms with Gasteiger partial charge >= 0.3 is 0 Å². The summed E-state index contributed by atoms with van der Waals surface area (Å²) in [5.41, 5.74) is 3.09. The lowest BCUT2D eigenvalue weighted by atomic mass is 10.1. The zero-order valence-electron chi connectivity index (χ0n) is 18.2. The lowest BCUT2D eigenvalue weighted by Gasteiger charge is -2.13. The Morgan fingerprint density at radius 2 is 1.62 bits per heavy atom. The number of carbonyl (C=O) groups is 2. The fourth-order valence-electron chi connectivity index (χ4n) is 3.24. The summed E-state index contributed by atoms with van der Waals surface area (Å²) < 4.78 is 10.6. The highest BCUT2D eigenvalue weighted by Gasteiger charge is 2.16. The monoisotopic (exact) mass is 452 g/mol. The standard InChI is InChI=1S/C25H25ClN2O4/c1-16-8-10-18(20(26)14-16)25(30)28-21-7-5-4-6-19(21)24(29)27-13-12-17-9-11-22(31-2)23(15-17)32-3/h4-11,14-15H,12-13H2,1-3H3,(H,27,29)(H,28,30). The van der Waals surface area contributed by atoms with Crippen molar-refractivity contribution >= 4 is 29.1 Å². The molecule has 3 rings (SSSR count). The molecule has 3 aromatic rings. The number of halogens is 1. The van der Waals surface area contributed by atoms with Crippen LogP contribution >= 0.6 is 11.6 Å². The number of rotatable bonds is 8. The van der Waals surface area contributed by atoms with Crippen LogP contribution in [-0.4, -0.2) is 32.6 Å². The van der Waals surface area contributed by atoms with Crippen molar-refractivity contribution in [1.82, 2.24) is 5.32 Å². The van der Waals surface area contributed by atoms with E-state index >= 15 is 0 Å². The van der Waals surface area contributed by atoms with Crippen molar-refractivity contribution in [3.05, 3.63) is 87.9 Å². The first-order valence-electron chi connectivity index (χ1n) is 10.1. The van der Waals surface area contributed by atoms with Crippen molar-refractivity contribution in [3.63, 3.8) is 0 Å². The number of amides is 2. The third-order valence-electron chi connectivity index (χ3n) is 4.94. The van der Waals surface area contributed by atoms with Gasteiger partial charge < -0.3 is 20.1 Å². The molecule has 0 radical (unpaired) electrons. The van der Waals surface area contributed by atoms with Crippen molar-refractivity contribution in [1.29, 1.82) is 0 Å². The molecule has 2 amide bonds. The van der Waals surface area contributed by atoms with Crippen LogP contribution in [0.25, 0.3) is 0 Å². The molecular formula is C25H25ClN2O4. The van der Waals surface area contributed by atoms with Gasteiger partial charge in [-0.3, -0.25) is 9.59 Å². The number of carbonyl (C=O) groups excluding carboxylic acids is 2. The minimum atomic E-state index is -0.374. The van der Waals surface area contributed by atoms with E-state index in [0.717, 1.165) is 11.1 Å². The Morgan fingerprint density at radius 3 is 2.34 bits per heavy atom. The van der Waals surface area contributed by atoms with Crippen molar-refractivity contribution < 1.29 is 19.1 Å². The summed E-state index contributed by atoms with van der Waals surface area (Å²) in [7, 11) is 3.17. The van der Waals surface area contributed by atoms with Crippen LogP contribution in [0, 0.1) is 6.92 Å². The molecule has 166 valence electrons. The predicted octanol–water partition coefficient (Wildman–Crippen LogP) is 4.89. The van der Waals surface area contributed by atoms with Crippen LogP contribution < -0.4 is 20.1 Å². The normalized spacial score (nSPS) is 10.4. The van der Waals surface area contributed by atoms with Gasteiger partial charge in [0.2, 0.25) is 0 Å². The molecule has 0 bridgehead atoms. The SMILES string of the molecule is COc1ccc(CCNC(=O)c2ccccc2NC(=O)c2ccc(C)cc2Cl)cc1OC. The molecule has 0 atom stereocenters. The van der Waals surface area contributed by atoms with Crippen molar-refractivity contribution in [2.24, 2.45) is 0 Å². The third-order valence-corrected chi connectivity index (χ3v) is 5.25. The highest BCUT2D eigenvalue weighted by atomic mass is 35.5. The molecule has 0 aliphatic carbocycles. The van der Waals surface area contributed by atoms with Gasteiger partial charge in [-0.25, -0.2) is 0 Å². The number of para-hydroxylation sites is 1. The Labute approximate surface area is 192 Å². The Hall–Kier alpha value is -3.51. The fraction of sp³-hybridized carbons (Fsp3) is 0.200. The number of anilines is 1. The Morgan fingerprint density at radius 1 is 0.875 bits per heavy atom. The van der Waals surface area contributed by atoms with E-state index < -0.39 is 0 Å². The largest absolute Gasteiger partial charge is 0.493 e. The summed E-state index contributed by atoms with van der Waals surface area (Å²) >= 11 is 6.20. The quantitative estimate of drug-likeness (QED) is 0.510. The molecule has 0 fully saturated rings. The molecule has 0 aliphatic rings. The van der Waals surface area contributed by atoms with Crippen LogP contribution in [0.4, 0.5) is 5.69 Å². The van der Waals surface area contributed by atoms with E-state index in [0.29, 0.717) is 46.3 Å². The number of benzene rings is 3. The van der Waals surface area contributed by atoms with Gasteiger partial charge in [-0.15, -0.1) is 0 Å². The summed E-state index contributed by atoms with van der Waals surface area (Å²) in [6.07, 6.45) is 0.611. The average Bonchev–Trinajstić information content (AvgIpc) is 2.79. The van der Waals surface area contributed by atoms with Gasteiger partial charge in [0.25, 0.3) is 11.8 Å². The second kappa shape index (κ2) is 10.7. The number of ether oxygens (including phenoxy) is 2. The topological polar surface area (TPSA) is 76.7 Å². The van der Waals surface area contributed by atoms with Gasteiger partial charge in [0.15, 0.2) is 11.5 Å². The van der Waals surface area contributed by atoms with Gasteiger partial charge in [-0.05, 0) is 60.9 Å². The zero-order chi connectivity index (χ0) is 23.1. The fourth-order valence-corrected chi connectivity index (χ4v) is 3.56. The first-order chi connectivity index (χ1) is 15.4. The molecule has 7 heteroatoms. The Kier molecular flexibility index (Phi) is 7.73. The summed E-state index contributed by atoms with van der Waals surface area (Å²) in [6.45, 7) is 2.32. The van der Waals surface area contributed by atoms with Crippen molar-refractivity contribution in [2.45, 2.75) is 13.3 Å². The number of aryl methyl sites for hydroxylation is 1. The van der Waals surface area contributed by atoms with Crippen molar-refractivity contribution in [3.8, 4) is 11.5 Å². The number of methoxy groups -OCH3 is 2.